The molecule has 1 amide bonds. The summed E-state index contributed by atoms with van der Waals surface area (Å²) in [7, 11) is 2.20. The first kappa shape index (κ1) is 23.9. The van der Waals surface area contributed by atoms with Crippen molar-refractivity contribution in [1.82, 2.24) is 14.8 Å². The van der Waals surface area contributed by atoms with Crippen molar-refractivity contribution in [1.29, 1.82) is 0 Å². The minimum absolute atomic E-state index is 0.0137. The van der Waals surface area contributed by atoms with Gasteiger partial charge in [0.1, 0.15) is 0 Å². The van der Waals surface area contributed by atoms with Crippen LogP contribution >= 0.6 is 0 Å². The number of hydrogen-bond donors (Lipinski definition) is 1. The number of aromatic nitrogens is 1. The standard InChI is InChI=1S/C31H39N3O/c1-23-16-17-29-26(20-23)22-30(24-10-5-3-6-11-24)34(29)28-15-9-12-25(21-28)31(35)32-18-19-33(2)27-13-7-4-8-14-27/h3,5-6,9-12,15,21-23,27H,4,7-8,13-14,16-20H2,1-2H3,(H,32,35). The second kappa shape index (κ2) is 10.8. The molecule has 1 heterocycles. The zero-order valence-corrected chi connectivity index (χ0v) is 21.3. The van der Waals surface area contributed by atoms with Crippen LogP contribution < -0.4 is 5.32 Å². The monoisotopic (exact) mass is 469 g/mol. The molecule has 2 aliphatic carbocycles. The van der Waals surface area contributed by atoms with Crippen molar-refractivity contribution < 1.29 is 4.79 Å². The molecule has 1 saturated carbocycles. The van der Waals surface area contributed by atoms with E-state index in [-0.39, 0.29) is 5.91 Å². The number of rotatable bonds is 7. The zero-order valence-electron chi connectivity index (χ0n) is 21.3. The van der Waals surface area contributed by atoms with E-state index < -0.39 is 0 Å². The zero-order chi connectivity index (χ0) is 24.2. The number of benzene rings is 2. The minimum Gasteiger partial charge on any atom is -0.351 e. The van der Waals surface area contributed by atoms with Gasteiger partial charge >= 0.3 is 0 Å². The van der Waals surface area contributed by atoms with E-state index in [0.717, 1.165) is 30.6 Å². The molecule has 1 N–H and O–H groups in total. The third-order valence-corrected chi connectivity index (χ3v) is 8.02. The van der Waals surface area contributed by atoms with E-state index in [9.17, 15) is 4.79 Å². The topological polar surface area (TPSA) is 37.3 Å². The van der Waals surface area contributed by atoms with Crippen LogP contribution in [0.3, 0.4) is 0 Å². The molecule has 3 aromatic rings. The lowest BCUT2D eigenvalue weighted by molar-refractivity contribution is 0.0944. The third kappa shape index (κ3) is 5.38. The van der Waals surface area contributed by atoms with Gasteiger partial charge in [0.15, 0.2) is 0 Å². The van der Waals surface area contributed by atoms with E-state index in [1.807, 2.05) is 12.1 Å². The Morgan fingerprint density at radius 2 is 1.80 bits per heavy atom. The number of fused-ring (bicyclic) bond motifs is 1. The average molecular weight is 470 g/mol. The highest BCUT2D eigenvalue weighted by Gasteiger charge is 2.24. The Balaban J connectivity index is 1.35. The first-order valence-corrected chi connectivity index (χ1v) is 13.5. The number of amides is 1. The van der Waals surface area contributed by atoms with Crippen molar-refractivity contribution in [3.63, 3.8) is 0 Å². The molecule has 1 aromatic heterocycles. The van der Waals surface area contributed by atoms with Gasteiger partial charge in [-0.05, 0) is 80.5 Å². The lowest BCUT2D eigenvalue weighted by atomic mass is 9.89. The molecule has 1 unspecified atom stereocenters. The smallest absolute Gasteiger partial charge is 0.251 e. The van der Waals surface area contributed by atoms with Crippen molar-refractivity contribution in [2.75, 3.05) is 20.1 Å². The summed E-state index contributed by atoms with van der Waals surface area (Å²) in [5.74, 6) is 0.727. The Labute approximate surface area is 210 Å². The van der Waals surface area contributed by atoms with E-state index in [2.05, 4.69) is 77.3 Å². The predicted molar refractivity (Wildman–Crippen MR) is 144 cm³/mol. The van der Waals surface area contributed by atoms with Gasteiger partial charge in [0.2, 0.25) is 0 Å². The molecule has 2 aliphatic rings. The second-order valence-corrected chi connectivity index (χ2v) is 10.6. The van der Waals surface area contributed by atoms with Crippen LogP contribution in [0, 0.1) is 5.92 Å². The number of carbonyl (C=O) groups is 1. The van der Waals surface area contributed by atoms with Crippen LogP contribution in [0.2, 0.25) is 0 Å². The molecule has 184 valence electrons. The number of carbonyl (C=O) groups excluding carboxylic acids is 1. The molecule has 2 aromatic carbocycles. The summed E-state index contributed by atoms with van der Waals surface area (Å²) in [5, 5.41) is 3.17. The first-order valence-electron chi connectivity index (χ1n) is 13.5. The highest BCUT2D eigenvalue weighted by Crippen LogP contribution is 2.35. The van der Waals surface area contributed by atoms with Gasteiger partial charge in [0, 0.05) is 36.1 Å². The van der Waals surface area contributed by atoms with Gasteiger partial charge < -0.3 is 14.8 Å². The van der Waals surface area contributed by atoms with Gasteiger partial charge in [-0.2, -0.15) is 0 Å². The van der Waals surface area contributed by atoms with E-state index in [4.69, 9.17) is 0 Å². The molecule has 1 atom stereocenters. The summed E-state index contributed by atoms with van der Waals surface area (Å²) >= 11 is 0. The van der Waals surface area contributed by atoms with Crippen LogP contribution in [0.5, 0.6) is 0 Å². The number of hydrogen-bond acceptors (Lipinski definition) is 2. The van der Waals surface area contributed by atoms with Gasteiger partial charge in [-0.25, -0.2) is 0 Å². The molecule has 35 heavy (non-hydrogen) atoms. The fourth-order valence-corrected chi connectivity index (χ4v) is 5.97. The number of likely N-dealkylation sites (N-methyl/N-ethyl adjacent to an activating group) is 1. The van der Waals surface area contributed by atoms with Crippen LogP contribution in [0.4, 0.5) is 0 Å². The van der Waals surface area contributed by atoms with Crippen molar-refractivity contribution in [2.24, 2.45) is 5.92 Å². The molecule has 4 nitrogen and oxygen atoms in total. The van der Waals surface area contributed by atoms with Crippen LogP contribution in [-0.2, 0) is 12.8 Å². The SMILES string of the molecule is CC1CCc2c(cc(-c3ccccc3)n2-c2cccc(C(=O)NCCN(C)C3CCCCC3)c2)C1. The van der Waals surface area contributed by atoms with Crippen LogP contribution in [-0.4, -0.2) is 41.6 Å². The van der Waals surface area contributed by atoms with Gasteiger partial charge in [-0.1, -0.05) is 62.6 Å². The quantitative estimate of drug-likeness (QED) is 0.443. The normalized spacial score (nSPS) is 18.4. The summed E-state index contributed by atoms with van der Waals surface area (Å²) in [6.45, 7) is 3.93. The van der Waals surface area contributed by atoms with E-state index >= 15 is 0 Å². The van der Waals surface area contributed by atoms with Crippen LogP contribution in [0.15, 0.2) is 60.7 Å². The molecule has 0 saturated heterocycles. The fraction of sp³-hybridized carbons (Fsp3) is 0.452. The van der Waals surface area contributed by atoms with Gasteiger partial charge in [-0.15, -0.1) is 0 Å². The van der Waals surface area contributed by atoms with Gasteiger partial charge in [0.05, 0.1) is 5.69 Å². The van der Waals surface area contributed by atoms with Crippen molar-refractivity contribution in [2.45, 2.75) is 64.3 Å². The molecule has 0 aliphatic heterocycles. The lowest BCUT2D eigenvalue weighted by Crippen LogP contribution is -2.39. The molecule has 4 heteroatoms. The summed E-state index contributed by atoms with van der Waals surface area (Å²) in [4.78, 5) is 15.5. The molecular weight excluding hydrogens is 430 g/mol. The third-order valence-electron chi connectivity index (χ3n) is 8.02. The molecule has 0 spiro atoms. The van der Waals surface area contributed by atoms with Crippen molar-refractivity contribution >= 4 is 5.91 Å². The largest absolute Gasteiger partial charge is 0.351 e. The molecule has 0 radical (unpaired) electrons. The highest BCUT2D eigenvalue weighted by atomic mass is 16.1. The maximum absolute atomic E-state index is 13.1. The van der Waals surface area contributed by atoms with E-state index in [1.54, 1.807) is 0 Å². The molecular formula is C31H39N3O. The first-order chi connectivity index (χ1) is 17.1. The van der Waals surface area contributed by atoms with Crippen LogP contribution in [0.25, 0.3) is 16.9 Å². The van der Waals surface area contributed by atoms with Gasteiger partial charge in [-0.3, -0.25) is 4.79 Å². The lowest BCUT2D eigenvalue weighted by Gasteiger charge is -2.31. The van der Waals surface area contributed by atoms with E-state index in [0.29, 0.717) is 18.5 Å². The van der Waals surface area contributed by atoms with Crippen molar-refractivity contribution in [3.8, 4) is 16.9 Å². The Kier molecular flexibility index (Phi) is 7.38. The second-order valence-electron chi connectivity index (χ2n) is 10.6. The Morgan fingerprint density at radius 1 is 1.00 bits per heavy atom. The average Bonchev–Trinajstić information content (AvgIpc) is 3.28. The number of nitrogens with one attached hydrogen (secondary N) is 1. The summed E-state index contributed by atoms with van der Waals surface area (Å²) in [6, 6.07) is 21.8. The molecule has 0 bridgehead atoms. The highest BCUT2D eigenvalue weighted by molar-refractivity contribution is 5.94. The Morgan fingerprint density at radius 3 is 2.60 bits per heavy atom. The number of nitrogens with zero attached hydrogens (tertiary/aromatic N) is 2. The Hall–Kier alpha value is -2.85. The predicted octanol–water partition coefficient (Wildman–Crippen LogP) is 6.26. The summed E-state index contributed by atoms with van der Waals surface area (Å²) in [6.07, 6.45) is 10.0. The Bertz CT molecular complexity index is 1140. The summed E-state index contributed by atoms with van der Waals surface area (Å²) in [5.41, 5.74) is 7.09. The van der Waals surface area contributed by atoms with E-state index in [1.165, 1.54) is 61.0 Å². The van der Waals surface area contributed by atoms with Crippen LogP contribution in [0.1, 0.15) is 67.1 Å². The summed E-state index contributed by atoms with van der Waals surface area (Å²) < 4.78 is 2.39. The molecule has 5 rings (SSSR count). The fourth-order valence-electron chi connectivity index (χ4n) is 5.97. The minimum atomic E-state index is 0.0137. The molecule has 1 fully saturated rings. The maximum atomic E-state index is 13.1. The maximum Gasteiger partial charge on any atom is 0.251 e. The van der Waals surface area contributed by atoms with Gasteiger partial charge in [0.25, 0.3) is 5.91 Å². The van der Waals surface area contributed by atoms with Crippen molar-refractivity contribution in [3.05, 3.63) is 77.5 Å².